The Bertz CT molecular complexity index is 2770. The lowest BCUT2D eigenvalue weighted by Gasteiger charge is -2.19. The molecule has 0 saturated heterocycles. The summed E-state index contributed by atoms with van der Waals surface area (Å²) in [6, 6.07) is 22.8. The van der Waals surface area contributed by atoms with Crippen molar-refractivity contribution in [3.8, 4) is 23.6 Å². The molecule has 8 rings (SSSR count). The first-order valence-electron chi connectivity index (χ1n) is 18.7. The topological polar surface area (TPSA) is 260 Å². The second-order valence-corrected chi connectivity index (χ2v) is 13.7. The zero-order chi connectivity index (χ0) is 45.2. The zero-order valence-corrected chi connectivity index (χ0v) is 34.6. The molecule has 2 aliphatic rings. The van der Waals surface area contributed by atoms with Crippen molar-refractivity contribution in [3.05, 3.63) is 143 Å². The van der Waals surface area contributed by atoms with Gasteiger partial charge in [0.05, 0.1) is 48.7 Å². The van der Waals surface area contributed by atoms with E-state index in [0.717, 1.165) is 23.5 Å². The van der Waals surface area contributed by atoms with E-state index in [2.05, 4.69) is 25.5 Å². The number of hydrogen-bond acceptors (Lipinski definition) is 13. The second kappa shape index (κ2) is 22.2. The summed E-state index contributed by atoms with van der Waals surface area (Å²) >= 11 is 0. The van der Waals surface area contributed by atoms with Crippen molar-refractivity contribution in [1.29, 1.82) is 10.5 Å². The standard InChI is InChI=1S/C21H17FN6O3.C12H8FN3O2.C9H11N3O2.CH4.ClH/c1-27-19-17(6-3-7-24-19)31-12-16(21(27)30)25-20(29)18-15(22)11-28(26-18)10-14-5-2-4-13(8-14)9-23;13-10-7-16(15-11(10)12(17)18)6-9-3-1-2-8(4-9)5-14;1-12-8-7(3-2-4-11-8)14-5-6(10)9(12)13;;/h2-8,11,16H,10,12H2,1H3,(H,25,29);1-4,7H,6H2,(H,17,18);2-4,6H,5,10H2,1H3;1H4;1H/t16-;;6-;;/m0.0../s1. The van der Waals surface area contributed by atoms with Gasteiger partial charge in [-0.25, -0.2) is 23.5 Å². The van der Waals surface area contributed by atoms with Crippen LogP contribution in [0.5, 0.6) is 11.5 Å². The van der Waals surface area contributed by atoms with Gasteiger partial charge < -0.3 is 25.6 Å². The van der Waals surface area contributed by atoms with Gasteiger partial charge in [-0.1, -0.05) is 31.7 Å². The Hall–Kier alpha value is -8.27. The molecule has 22 heteroatoms. The third-order valence-corrected chi connectivity index (χ3v) is 9.20. The number of carboxylic acids is 1. The van der Waals surface area contributed by atoms with Gasteiger partial charge in [-0.15, -0.1) is 12.4 Å². The maximum Gasteiger partial charge on any atom is 0.359 e. The largest absolute Gasteiger partial charge is 0.488 e. The number of nitrogens with zero attached hydrogens (tertiary/aromatic N) is 10. The highest BCUT2D eigenvalue weighted by molar-refractivity contribution is 6.02. The first kappa shape index (κ1) is 49.4. The van der Waals surface area contributed by atoms with Crippen LogP contribution in [-0.2, 0) is 22.7 Å². The van der Waals surface area contributed by atoms with Gasteiger partial charge in [-0.05, 0) is 59.7 Å². The van der Waals surface area contributed by atoms with Gasteiger partial charge in [0, 0.05) is 26.5 Å². The molecule has 4 N–H and O–H groups in total. The van der Waals surface area contributed by atoms with Crippen LogP contribution in [0.1, 0.15) is 50.7 Å². The Labute approximate surface area is 376 Å². The predicted molar refractivity (Wildman–Crippen MR) is 231 cm³/mol. The normalized spacial score (nSPS) is 14.7. The third kappa shape index (κ3) is 12.0. The first-order chi connectivity index (χ1) is 30.3. The van der Waals surface area contributed by atoms with Crippen LogP contribution in [-0.4, -0.2) is 97.7 Å². The number of aromatic carboxylic acids is 1. The number of amides is 3. The molecule has 0 unspecified atom stereocenters. The number of carbonyl (C=O) groups excluding carboxylic acids is 3. The van der Waals surface area contributed by atoms with Gasteiger partial charge in [0.1, 0.15) is 25.3 Å². The SMILES string of the molecule is C.CN1C(=O)[C@@H](N)COc2cccnc21.CN1C(=O)[C@@H](NC(=O)c2nn(Cc3cccc(C#N)c3)cc2F)COc2cccnc21.Cl.N#Cc1cccc(Cn2cc(F)c(C(=O)O)n2)c1. The Morgan fingerprint density at radius 1 is 0.785 bits per heavy atom. The van der Waals surface area contributed by atoms with Crippen LogP contribution in [0, 0.1) is 34.3 Å². The second-order valence-electron chi connectivity index (χ2n) is 13.7. The van der Waals surface area contributed by atoms with E-state index in [9.17, 15) is 28.0 Å². The number of carboxylic acid groups (broad SMARTS) is 1. The number of likely N-dealkylation sites (N-methyl/N-ethyl adjacent to an activating group) is 2. The van der Waals surface area contributed by atoms with Crippen molar-refractivity contribution in [2.75, 3.05) is 37.1 Å². The molecule has 0 spiro atoms. The van der Waals surface area contributed by atoms with Crippen LogP contribution < -0.4 is 30.3 Å². The zero-order valence-electron chi connectivity index (χ0n) is 33.8. The molecule has 4 aromatic heterocycles. The van der Waals surface area contributed by atoms with Crippen LogP contribution in [0.25, 0.3) is 0 Å². The fraction of sp³-hybridized carbons (Fsp3) is 0.209. The van der Waals surface area contributed by atoms with Crippen LogP contribution in [0.3, 0.4) is 0 Å². The number of ether oxygens (including phenoxy) is 2. The first-order valence-corrected chi connectivity index (χ1v) is 18.7. The highest BCUT2D eigenvalue weighted by Gasteiger charge is 2.33. The van der Waals surface area contributed by atoms with Crippen LogP contribution >= 0.6 is 12.4 Å². The van der Waals surface area contributed by atoms with E-state index >= 15 is 0 Å². The fourth-order valence-electron chi connectivity index (χ4n) is 6.12. The van der Waals surface area contributed by atoms with E-state index in [1.807, 2.05) is 12.1 Å². The molecular formula is C43H41ClF2N12O7. The quantitative estimate of drug-likeness (QED) is 0.205. The Morgan fingerprint density at radius 2 is 1.26 bits per heavy atom. The molecule has 2 aromatic carbocycles. The van der Waals surface area contributed by atoms with E-state index in [-0.39, 0.29) is 52.0 Å². The number of aromatic nitrogens is 6. The van der Waals surface area contributed by atoms with Crippen LogP contribution in [0.4, 0.5) is 20.4 Å². The molecule has 19 nitrogen and oxygen atoms in total. The minimum Gasteiger partial charge on any atom is -0.488 e. The summed E-state index contributed by atoms with van der Waals surface area (Å²) in [5.41, 5.74) is 6.99. The van der Waals surface area contributed by atoms with Gasteiger partial charge in [0.2, 0.25) is 11.6 Å². The van der Waals surface area contributed by atoms with Crippen molar-refractivity contribution < 1.29 is 42.5 Å². The van der Waals surface area contributed by atoms with Crippen LogP contribution in [0.2, 0.25) is 0 Å². The predicted octanol–water partition coefficient (Wildman–Crippen LogP) is 3.95. The molecule has 336 valence electrons. The molecule has 6 aromatic rings. The summed E-state index contributed by atoms with van der Waals surface area (Å²) in [5.74, 6) is -2.71. The highest BCUT2D eigenvalue weighted by Crippen LogP contribution is 2.28. The number of pyridine rings is 2. The lowest BCUT2D eigenvalue weighted by Crippen LogP contribution is -2.49. The fourth-order valence-corrected chi connectivity index (χ4v) is 6.12. The number of benzene rings is 2. The van der Waals surface area contributed by atoms with Gasteiger partial charge in [-0.3, -0.25) is 33.5 Å². The number of fused-ring (bicyclic) bond motifs is 2. The lowest BCUT2D eigenvalue weighted by atomic mass is 10.1. The highest BCUT2D eigenvalue weighted by atomic mass is 35.5. The molecule has 0 radical (unpaired) electrons. The molecule has 0 aliphatic carbocycles. The molecule has 0 bridgehead atoms. The smallest absolute Gasteiger partial charge is 0.359 e. The van der Waals surface area contributed by atoms with Crippen molar-refractivity contribution in [1.82, 2.24) is 34.8 Å². The van der Waals surface area contributed by atoms with Crippen LogP contribution in [0.15, 0.2) is 97.6 Å². The minimum atomic E-state index is -1.41. The maximum atomic E-state index is 14.4. The number of carbonyl (C=O) groups is 4. The molecule has 2 atom stereocenters. The number of hydrogen-bond donors (Lipinski definition) is 3. The van der Waals surface area contributed by atoms with Crippen molar-refractivity contribution in [3.63, 3.8) is 0 Å². The Balaban J connectivity index is 0.000000231. The Kier molecular flexibility index (Phi) is 16.9. The van der Waals surface area contributed by atoms with Crippen molar-refractivity contribution in [2.45, 2.75) is 32.6 Å². The number of anilines is 2. The van der Waals surface area contributed by atoms with Gasteiger partial charge in [0.15, 0.2) is 40.5 Å². The van der Waals surface area contributed by atoms with E-state index < -0.39 is 52.9 Å². The lowest BCUT2D eigenvalue weighted by molar-refractivity contribution is -0.121. The Morgan fingerprint density at radius 3 is 1.75 bits per heavy atom. The maximum absolute atomic E-state index is 14.4. The van der Waals surface area contributed by atoms with Crippen molar-refractivity contribution >= 4 is 47.7 Å². The van der Waals surface area contributed by atoms with Gasteiger partial charge >= 0.3 is 5.97 Å². The van der Waals surface area contributed by atoms with Gasteiger partial charge in [-0.2, -0.15) is 20.7 Å². The summed E-state index contributed by atoms with van der Waals surface area (Å²) in [5, 5.41) is 36.5. The summed E-state index contributed by atoms with van der Waals surface area (Å²) < 4.78 is 41.0. The van der Waals surface area contributed by atoms with Crippen molar-refractivity contribution in [2.24, 2.45) is 5.73 Å². The number of halogens is 3. The monoisotopic (exact) mass is 910 g/mol. The molecule has 3 amide bonds. The molecular weight excluding hydrogens is 870 g/mol. The van der Waals surface area contributed by atoms with E-state index in [1.165, 1.54) is 32.4 Å². The van der Waals surface area contributed by atoms with E-state index in [0.29, 0.717) is 34.3 Å². The average molecular weight is 911 g/mol. The number of nitrogens with two attached hydrogens (primary N) is 1. The molecule has 65 heavy (non-hydrogen) atoms. The minimum absolute atomic E-state index is 0. The summed E-state index contributed by atoms with van der Waals surface area (Å²) in [4.78, 5) is 58.5. The number of rotatable bonds is 7. The molecule has 6 heterocycles. The average Bonchev–Trinajstić information content (AvgIpc) is 3.80. The summed E-state index contributed by atoms with van der Waals surface area (Å²) in [6.07, 6.45) is 5.25. The van der Waals surface area contributed by atoms with E-state index in [1.54, 1.807) is 86.0 Å². The number of nitriles is 2. The summed E-state index contributed by atoms with van der Waals surface area (Å²) in [6.45, 7) is 0.452. The molecule has 2 aliphatic heterocycles. The van der Waals surface area contributed by atoms with Gasteiger partial charge in [0.25, 0.3) is 11.8 Å². The third-order valence-electron chi connectivity index (χ3n) is 9.20. The summed E-state index contributed by atoms with van der Waals surface area (Å²) in [7, 11) is 3.16. The molecule has 0 saturated carbocycles. The number of nitrogens with one attached hydrogen (secondary N) is 1. The van der Waals surface area contributed by atoms with E-state index in [4.69, 9.17) is 30.8 Å². The molecule has 0 fully saturated rings.